The Hall–Kier alpha value is -4.15. The van der Waals surface area contributed by atoms with Crippen LogP contribution in [0.1, 0.15) is 40.2 Å². The summed E-state index contributed by atoms with van der Waals surface area (Å²) in [4.78, 5) is 36.1. The van der Waals surface area contributed by atoms with Gasteiger partial charge in [0.25, 0.3) is 0 Å². The maximum atomic E-state index is 15.8. The third-order valence-corrected chi connectivity index (χ3v) is 10.4. The van der Waals surface area contributed by atoms with Gasteiger partial charge in [0, 0.05) is 67.5 Å². The number of ketones is 1. The summed E-state index contributed by atoms with van der Waals surface area (Å²) in [5.74, 6) is -3.36. The number of carbonyl (C=O) groups is 2. The summed E-state index contributed by atoms with van der Waals surface area (Å²) in [6, 6.07) is 11.5. The smallest absolute Gasteiger partial charge is 0.317 e. The van der Waals surface area contributed by atoms with Crippen LogP contribution in [-0.4, -0.2) is 109 Å². The molecule has 258 valence electrons. The molecule has 49 heavy (non-hydrogen) atoms. The SMILES string of the molecule is O=C(O)CN1CC(CCN2CC(c3ccc(-c4cnc5[nH]cc(C(=O)c6c(F)ccc(N(N7CC[C@@H](F)C7)S(=O)[O-])c6F)c5c4)cc3)C2)C1. The number of carboxylic acid groups (broad SMARTS) is 1. The lowest BCUT2D eigenvalue weighted by Gasteiger charge is -2.43. The number of anilines is 1. The van der Waals surface area contributed by atoms with Gasteiger partial charge in [0.15, 0.2) is 5.82 Å². The second-order valence-electron chi connectivity index (χ2n) is 13.0. The number of hydrogen-bond donors (Lipinski definition) is 2. The number of alkyl halides is 1. The van der Waals surface area contributed by atoms with E-state index in [2.05, 4.69) is 27.0 Å². The Morgan fingerprint density at radius 3 is 2.47 bits per heavy atom. The zero-order valence-electron chi connectivity index (χ0n) is 26.4. The molecule has 3 aliphatic rings. The zero-order valence-corrected chi connectivity index (χ0v) is 27.2. The highest BCUT2D eigenvalue weighted by Gasteiger charge is 2.34. The monoisotopic (exact) mass is 695 g/mol. The summed E-state index contributed by atoms with van der Waals surface area (Å²) < 4.78 is 69.4. The molecule has 2 aromatic heterocycles. The summed E-state index contributed by atoms with van der Waals surface area (Å²) in [6.45, 7) is 4.42. The topological polar surface area (TPSA) is 136 Å². The molecule has 2 N–H and O–H groups in total. The van der Waals surface area contributed by atoms with Crippen molar-refractivity contribution in [3.63, 3.8) is 0 Å². The van der Waals surface area contributed by atoms with Crippen LogP contribution >= 0.6 is 0 Å². The van der Waals surface area contributed by atoms with Crippen LogP contribution in [0.5, 0.6) is 0 Å². The first kappa shape index (κ1) is 33.4. The number of hydrazine groups is 1. The lowest BCUT2D eigenvalue weighted by atomic mass is 9.89. The molecule has 0 aliphatic carbocycles. The van der Waals surface area contributed by atoms with Crippen LogP contribution in [-0.2, 0) is 16.1 Å². The predicted octanol–water partition coefficient (Wildman–Crippen LogP) is 4.10. The van der Waals surface area contributed by atoms with E-state index in [4.69, 9.17) is 5.11 Å². The van der Waals surface area contributed by atoms with Crippen molar-refractivity contribution in [3.05, 3.63) is 83.2 Å². The van der Waals surface area contributed by atoms with E-state index in [-0.39, 0.29) is 31.6 Å². The molecule has 15 heteroatoms. The van der Waals surface area contributed by atoms with Gasteiger partial charge in [-0.05, 0) is 54.6 Å². The van der Waals surface area contributed by atoms with Gasteiger partial charge in [0.05, 0.1) is 29.9 Å². The Morgan fingerprint density at radius 2 is 1.80 bits per heavy atom. The van der Waals surface area contributed by atoms with E-state index < -0.39 is 52.1 Å². The summed E-state index contributed by atoms with van der Waals surface area (Å²) in [6.07, 6.45) is 2.76. The molecule has 3 saturated heterocycles. The first-order chi connectivity index (χ1) is 23.5. The van der Waals surface area contributed by atoms with Crippen molar-refractivity contribution < 1.29 is 36.6 Å². The van der Waals surface area contributed by atoms with Crippen LogP contribution < -0.4 is 4.41 Å². The summed E-state index contributed by atoms with van der Waals surface area (Å²) in [5, 5.41) is 10.3. The first-order valence-electron chi connectivity index (χ1n) is 16.1. The van der Waals surface area contributed by atoms with Gasteiger partial charge >= 0.3 is 5.97 Å². The highest BCUT2D eigenvalue weighted by molar-refractivity contribution is 7.80. The fourth-order valence-corrected chi connectivity index (χ4v) is 7.67. The number of likely N-dealkylation sites (tertiary alicyclic amines) is 2. The zero-order chi connectivity index (χ0) is 34.4. The van der Waals surface area contributed by atoms with Crippen molar-refractivity contribution in [2.75, 3.05) is 56.8 Å². The Morgan fingerprint density at radius 1 is 1.04 bits per heavy atom. The Bertz CT molecular complexity index is 1910. The van der Waals surface area contributed by atoms with Crippen LogP contribution in [0.25, 0.3) is 22.2 Å². The Kier molecular flexibility index (Phi) is 9.28. The third kappa shape index (κ3) is 6.73. The summed E-state index contributed by atoms with van der Waals surface area (Å²) >= 11 is -3.05. The van der Waals surface area contributed by atoms with Crippen molar-refractivity contribution in [2.24, 2.45) is 5.92 Å². The molecular weight excluding hydrogens is 661 g/mol. The van der Waals surface area contributed by atoms with Crippen LogP contribution in [0.3, 0.4) is 0 Å². The number of halogens is 3. The average molecular weight is 696 g/mol. The maximum absolute atomic E-state index is 15.8. The Balaban J connectivity index is 1.04. The van der Waals surface area contributed by atoms with Gasteiger partial charge in [-0.25, -0.2) is 27.6 Å². The van der Waals surface area contributed by atoms with E-state index in [1.54, 1.807) is 12.3 Å². The minimum atomic E-state index is -3.05. The number of carboxylic acids is 1. The van der Waals surface area contributed by atoms with Crippen molar-refractivity contribution in [1.82, 2.24) is 24.8 Å². The lowest BCUT2D eigenvalue weighted by molar-refractivity contribution is -0.140. The van der Waals surface area contributed by atoms with Gasteiger partial charge in [-0.15, -0.1) is 0 Å². The largest absolute Gasteiger partial charge is 0.754 e. The number of rotatable bonds is 12. The standard InChI is InChI=1S/C34H35F3N6O5S/c35-25-8-10-42(18-25)43(49(47)48)29-6-5-28(36)31(32(29)37)33(46)27-13-39-34-26(27)11-23(12-38-34)21-1-3-22(4-2-21)24-16-40(17-24)9-7-20-14-41(15-20)19-30(44)45/h1-6,11-13,20,24-25H,7-10,14-19H2,(H,38,39)(H,44,45)(H,47,48)/p-1/t25-/m1/s1. The minimum Gasteiger partial charge on any atom is -0.754 e. The van der Waals surface area contributed by atoms with Crippen molar-refractivity contribution in [3.8, 4) is 11.1 Å². The fraction of sp³-hybridized carbons (Fsp3) is 0.382. The van der Waals surface area contributed by atoms with Crippen LogP contribution in [0, 0.1) is 17.6 Å². The van der Waals surface area contributed by atoms with Gasteiger partial charge in [-0.1, -0.05) is 24.3 Å². The number of H-pyrrole nitrogens is 1. The molecular formula is C34H34F3N6O5S-. The lowest BCUT2D eigenvalue weighted by Crippen LogP contribution is -2.51. The molecule has 3 aliphatic heterocycles. The van der Waals surface area contributed by atoms with Gasteiger partial charge in [-0.3, -0.25) is 18.7 Å². The molecule has 2 atom stereocenters. The highest BCUT2D eigenvalue weighted by Crippen LogP contribution is 2.34. The van der Waals surface area contributed by atoms with Crippen molar-refractivity contribution in [1.29, 1.82) is 0 Å². The van der Waals surface area contributed by atoms with Crippen LogP contribution in [0.2, 0.25) is 0 Å². The molecule has 7 rings (SSSR count). The first-order valence-corrected chi connectivity index (χ1v) is 17.1. The number of nitrogens with zero attached hydrogens (tertiary/aromatic N) is 5. The van der Waals surface area contributed by atoms with Crippen LogP contribution in [0.4, 0.5) is 18.9 Å². The molecule has 0 radical (unpaired) electrons. The number of carbonyl (C=O) groups excluding carboxylic acids is 1. The molecule has 11 nitrogen and oxygen atoms in total. The van der Waals surface area contributed by atoms with E-state index in [1.807, 2.05) is 17.0 Å². The van der Waals surface area contributed by atoms with Gasteiger partial charge in [0.1, 0.15) is 23.3 Å². The molecule has 0 saturated carbocycles. The average Bonchev–Trinajstić information content (AvgIpc) is 3.65. The van der Waals surface area contributed by atoms with E-state index in [1.165, 1.54) is 11.8 Å². The van der Waals surface area contributed by atoms with Gasteiger partial charge in [-0.2, -0.15) is 0 Å². The number of aliphatic carboxylic acids is 1. The minimum absolute atomic E-state index is 0.00443. The van der Waals surface area contributed by atoms with Crippen molar-refractivity contribution in [2.45, 2.75) is 24.9 Å². The molecule has 1 unspecified atom stereocenters. The number of fused-ring (bicyclic) bond motifs is 1. The van der Waals surface area contributed by atoms with E-state index >= 15 is 8.78 Å². The number of aromatic nitrogens is 2. The van der Waals surface area contributed by atoms with Gasteiger partial charge < -0.3 is 19.5 Å². The number of hydrogen-bond acceptors (Lipinski definition) is 8. The highest BCUT2D eigenvalue weighted by atomic mass is 32.2. The Labute approximate surface area is 282 Å². The quantitative estimate of drug-likeness (QED) is 0.166. The van der Waals surface area contributed by atoms with E-state index in [9.17, 15) is 22.7 Å². The summed E-state index contributed by atoms with van der Waals surface area (Å²) in [7, 11) is 0. The molecule has 3 fully saturated rings. The number of pyridine rings is 1. The number of benzene rings is 2. The van der Waals surface area contributed by atoms with Gasteiger partial charge in [0.2, 0.25) is 5.78 Å². The third-order valence-electron chi connectivity index (χ3n) is 9.70. The number of nitrogens with one attached hydrogen (secondary N) is 1. The second-order valence-corrected chi connectivity index (χ2v) is 13.8. The molecule has 5 heterocycles. The van der Waals surface area contributed by atoms with E-state index in [0.29, 0.717) is 32.8 Å². The van der Waals surface area contributed by atoms with Crippen LogP contribution in [0.15, 0.2) is 54.9 Å². The maximum Gasteiger partial charge on any atom is 0.317 e. The normalized spacial score (nSPS) is 20.0. The molecule has 4 aromatic rings. The molecule has 0 bridgehead atoms. The van der Waals surface area contributed by atoms with Crippen molar-refractivity contribution >= 4 is 39.7 Å². The fourth-order valence-electron chi connectivity index (χ4n) is 7.03. The number of aromatic amines is 1. The summed E-state index contributed by atoms with van der Waals surface area (Å²) in [5.41, 5.74) is 1.53. The van der Waals surface area contributed by atoms with E-state index in [0.717, 1.165) is 61.8 Å². The predicted molar refractivity (Wildman–Crippen MR) is 175 cm³/mol. The molecule has 2 aromatic carbocycles. The molecule has 0 spiro atoms. The second kappa shape index (κ2) is 13.6. The molecule has 0 amide bonds.